The summed E-state index contributed by atoms with van der Waals surface area (Å²) in [5, 5.41) is 1.41. The van der Waals surface area contributed by atoms with E-state index in [2.05, 4.69) is 104 Å². The van der Waals surface area contributed by atoms with Crippen LogP contribution in [0.25, 0.3) is 0 Å². The van der Waals surface area contributed by atoms with E-state index in [9.17, 15) is 28.8 Å². The Kier molecular flexibility index (Phi) is 45.1. The van der Waals surface area contributed by atoms with Gasteiger partial charge in [-0.15, -0.1) is 44.7 Å². The molecule has 3 heterocycles. The normalized spacial score (nSPS) is 15.7. The van der Waals surface area contributed by atoms with Crippen molar-refractivity contribution in [1.82, 2.24) is 20.2 Å². The number of carbonyl (C=O) groups is 6. The topological polar surface area (TPSA) is 150 Å². The fourth-order valence-corrected chi connectivity index (χ4v) is 3.21. The van der Waals surface area contributed by atoms with Crippen LogP contribution in [-0.4, -0.2) is 106 Å². The third-order valence-corrected chi connectivity index (χ3v) is 4.83. The van der Waals surface area contributed by atoms with E-state index in [1.807, 2.05) is 6.66 Å². The number of hydrogen-bond acceptors (Lipinski definition) is 8. The van der Waals surface area contributed by atoms with E-state index < -0.39 is 0 Å². The number of nitrogens with one attached hydrogen (secondary N) is 1. The van der Waals surface area contributed by atoms with Crippen LogP contribution < -0.4 is 11.2 Å². The van der Waals surface area contributed by atoms with Gasteiger partial charge in [-0.3, -0.25) is 43.6 Å². The third kappa shape index (κ3) is 33.3. The molecular formula is C25H56B3I3N5O6P3. The summed E-state index contributed by atoms with van der Waals surface area (Å²) < 4.78 is 1.44. The van der Waals surface area contributed by atoms with Crippen LogP contribution in [0.5, 0.6) is 0 Å². The Morgan fingerprint density at radius 2 is 1.07 bits per heavy atom. The van der Waals surface area contributed by atoms with Crippen LogP contribution in [0, 0.1) is 0 Å². The maximum absolute atomic E-state index is 11.7. The third-order valence-electron chi connectivity index (χ3n) is 4.83. The summed E-state index contributed by atoms with van der Waals surface area (Å²) in [4.78, 5) is 69.8. The van der Waals surface area contributed by atoms with Crippen molar-refractivity contribution in [2.45, 2.75) is 88.3 Å². The highest BCUT2D eigenvalue weighted by atomic mass is 127. The van der Waals surface area contributed by atoms with Gasteiger partial charge in [0, 0.05) is 77.7 Å². The van der Waals surface area contributed by atoms with Gasteiger partial charge >= 0.3 is 0 Å². The molecule has 0 aromatic heterocycles. The van der Waals surface area contributed by atoms with Crippen LogP contribution in [0.2, 0.25) is 13.6 Å². The quantitative estimate of drug-likeness (QED) is 0.159. The Morgan fingerprint density at radius 1 is 0.756 bits per heavy atom. The van der Waals surface area contributed by atoms with Crippen molar-refractivity contribution >= 4 is 142 Å². The van der Waals surface area contributed by atoms with E-state index in [-0.39, 0.29) is 96.3 Å². The number of imide groups is 2. The first-order valence-electron chi connectivity index (χ1n) is 12.9. The first-order chi connectivity index (χ1) is 19.0. The summed E-state index contributed by atoms with van der Waals surface area (Å²) in [7, 11) is 10.5. The second-order valence-electron chi connectivity index (χ2n) is 8.79. The molecule has 3 rings (SSSR count). The van der Waals surface area contributed by atoms with Gasteiger partial charge in [0.15, 0.2) is 0 Å². The summed E-state index contributed by atoms with van der Waals surface area (Å²) in [5.41, 5.74) is 7.92. The van der Waals surface area contributed by atoms with Gasteiger partial charge in [-0.2, -0.15) is 18.2 Å². The first kappa shape index (κ1) is 58.2. The van der Waals surface area contributed by atoms with Gasteiger partial charge in [0.25, 0.3) is 0 Å². The number of nitrogens with two attached hydrogens (primary N) is 1. The van der Waals surface area contributed by atoms with Gasteiger partial charge in [0.1, 0.15) is 13.3 Å². The number of Topliss-reactive ketones (excluding diaryl/α,β-unsaturated/α-hetero) is 1. The van der Waals surface area contributed by atoms with Crippen LogP contribution in [0.15, 0.2) is 0 Å². The molecule has 3 aliphatic heterocycles. The maximum Gasteiger partial charge on any atom is 0.237 e. The van der Waals surface area contributed by atoms with Crippen molar-refractivity contribution in [2.75, 3.05) is 39.4 Å². The number of hydrazine groups is 1. The molecule has 0 spiro atoms. The average Bonchev–Trinajstić information content (AvgIpc) is 3.28. The second-order valence-corrected chi connectivity index (χ2v) is 23.0. The highest BCUT2D eigenvalue weighted by Gasteiger charge is 2.29. The molecule has 3 fully saturated rings. The summed E-state index contributed by atoms with van der Waals surface area (Å²) in [5.74, 6) is -0.535. The molecule has 20 heteroatoms. The minimum atomic E-state index is -0.163. The molecule has 3 aliphatic rings. The molecular weight excluding hydrogens is 972 g/mol. The highest BCUT2D eigenvalue weighted by molar-refractivity contribution is 14.2. The minimum absolute atomic E-state index is 0. The number of halogens is 3. The van der Waals surface area contributed by atoms with Crippen molar-refractivity contribution in [3.8, 4) is 0 Å². The van der Waals surface area contributed by atoms with Gasteiger partial charge in [0.05, 0.1) is 0 Å². The molecule has 11 nitrogen and oxygen atoms in total. The molecule has 0 aromatic rings. The lowest BCUT2D eigenvalue weighted by atomic mass is 10.2. The van der Waals surface area contributed by atoms with E-state index in [0.717, 1.165) is 8.58 Å². The molecule has 0 bridgehead atoms. The van der Waals surface area contributed by atoms with Gasteiger partial charge in [-0.1, -0.05) is 70.8 Å². The van der Waals surface area contributed by atoms with Crippen molar-refractivity contribution in [3.63, 3.8) is 0 Å². The first-order valence-corrected chi connectivity index (χ1v) is 21.4. The molecule has 0 aromatic carbocycles. The zero-order valence-corrected chi connectivity index (χ0v) is 33.5. The van der Waals surface area contributed by atoms with E-state index in [4.69, 9.17) is 13.3 Å². The molecule has 5 amide bonds. The number of hydrogen-bond donors (Lipinski definition) is 2. The predicted molar refractivity (Wildman–Crippen MR) is 230 cm³/mol. The van der Waals surface area contributed by atoms with Gasteiger partial charge in [-0.25, -0.2) is 5.43 Å². The van der Waals surface area contributed by atoms with Crippen molar-refractivity contribution in [2.24, 2.45) is 5.73 Å². The molecule has 262 valence electrons. The molecule has 3 N–H and O–H groups in total. The fraction of sp³-hybridized carbons (Fsp3) is 0.760. The smallest absolute Gasteiger partial charge is 0.237 e. The van der Waals surface area contributed by atoms with Gasteiger partial charge in [-0.05, 0) is 6.66 Å². The molecule has 0 aliphatic carbocycles. The lowest BCUT2D eigenvalue weighted by Crippen LogP contribution is -2.46. The fourth-order valence-electron chi connectivity index (χ4n) is 3.21. The average molecular weight is 1030 g/mol. The number of rotatable bonds is 6. The van der Waals surface area contributed by atoms with Crippen molar-refractivity contribution in [3.05, 3.63) is 0 Å². The molecule has 45 heavy (non-hydrogen) atoms. The standard InChI is InChI=1S/C12H17N3O4.C6H10N2O2.CH3BIP.2CH5BIP.4CH4/c16-9-1-2-12(19)15(7-5-9)13-6-8-14-10(17)3-4-11(14)18;7-3-4-8-5(9)1-2-6(8)10;1-4(2)3;2*1-2(3)4;;;;/h13H,1-8H2;1-4,7H2;1H3;2*4H2,1H3;4*1H4. The molecule has 3 unspecified atom stereocenters. The number of amides is 5. The molecule has 0 saturated carbocycles. The Hall–Kier alpha value is 1.01. The monoisotopic (exact) mass is 1030 g/mol. The number of ketones is 1. The second kappa shape index (κ2) is 34.9. The SMILES string of the molecule is C.C.C.C.CB(P)I.CB(P)I.NCCN1C(=O)CCC1=O.O=C1CCC(=O)N(NCCN2C(=O)CCC2=O)CC1.[B]P(C)I. The predicted octanol–water partition coefficient (Wildman–Crippen LogP) is 5.22. The van der Waals surface area contributed by atoms with Crippen LogP contribution in [0.4, 0.5) is 0 Å². The summed E-state index contributed by atoms with van der Waals surface area (Å²) in [6.45, 7) is 7.90. The van der Waals surface area contributed by atoms with E-state index in [0.29, 0.717) is 51.9 Å². The zero-order chi connectivity index (χ0) is 32.1. The van der Waals surface area contributed by atoms with Crippen molar-refractivity contribution in [1.29, 1.82) is 0 Å². The van der Waals surface area contributed by atoms with Crippen LogP contribution in [0.3, 0.4) is 0 Å². The minimum Gasteiger partial charge on any atom is -0.329 e. The van der Waals surface area contributed by atoms with Crippen LogP contribution in [-0.2, 0) is 28.8 Å². The zero-order valence-electron chi connectivity index (χ0n) is 23.8. The van der Waals surface area contributed by atoms with Crippen molar-refractivity contribution < 1.29 is 28.8 Å². The Balaban J connectivity index is -0.000000124. The molecule has 3 atom stereocenters. The lowest BCUT2D eigenvalue weighted by molar-refractivity contribution is -0.140. The number of carbonyl (C=O) groups excluding carboxylic acids is 6. The van der Waals surface area contributed by atoms with Crippen LogP contribution in [0.1, 0.15) is 74.7 Å². The Labute approximate surface area is 321 Å². The molecule has 3 saturated heterocycles. The van der Waals surface area contributed by atoms with E-state index in [1.165, 1.54) is 14.8 Å². The Bertz CT molecular complexity index is 818. The molecule has 2 radical (unpaired) electrons. The van der Waals surface area contributed by atoms with E-state index >= 15 is 0 Å². The summed E-state index contributed by atoms with van der Waals surface area (Å²) in [6, 6.07) is 0. The highest BCUT2D eigenvalue weighted by Crippen LogP contribution is 2.32. The summed E-state index contributed by atoms with van der Waals surface area (Å²) >= 11 is 6.80. The van der Waals surface area contributed by atoms with Gasteiger partial charge in [0.2, 0.25) is 38.1 Å². The number of nitrogens with zero attached hydrogens (tertiary/aromatic N) is 3. The lowest BCUT2D eigenvalue weighted by Gasteiger charge is -2.22. The van der Waals surface area contributed by atoms with Gasteiger partial charge < -0.3 is 5.73 Å². The summed E-state index contributed by atoms with van der Waals surface area (Å²) in [6.07, 6.45) is 2.12. The largest absolute Gasteiger partial charge is 0.329 e. The maximum atomic E-state index is 11.7. The van der Waals surface area contributed by atoms with Crippen LogP contribution >= 0.6 is 90.5 Å². The van der Waals surface area contributed by atoms with E-state index in [1.54, 1.807) is 0 Å². The number of likely N-dealkylation sites (tertiary alicyclic amines) is 2. The Morgan fingerprint density at radius 3 is 1.40 bits per heavy atom.